The third-order valence-corrected chi connectivity index (χ3v) is 3.92. The molecular weight excluding hydrogens is 350 g/mol. The Kier molecular flexibility index (Phi) is 5.43. The summed E-state index contributed by atoms with van der Waals surface area (Å²) in [6.07, 6.45) is 1.69. The van der Waals surface area contributed by atoms with Gasteiger partial charge in [0.25, 0.3) is 5.91 Å². The molecule has 7 heteroatoms. The molecule has 3 rings (SSSR count). The van der Waals surface area contributed by atoms with Crippen LogP contribution in [-0.4, -0.2) is 20.9 Å². The molecule has 0 spiro atoms. The van der Waals surface area contributed by atoms with E-state index in [9.17, 15) is 4.79 Å². The minimum absolute atomic E-state index is 0.285. The average Bonchev–Trinajstić information content (AvgIpc) is 2.63. The van der Waals surface area contributed by atoms with Gasteiger partial charge in [-0.3, -0.25) is 9.78 Å². The first-order chi connectivity index (χ1) is 12.5. The number of rotatable bonds is 5. The van der Waals surface area contributed by atoms with Crippen molar-refractivity contribution in [3.05, 3.63) is 76.5 Å². The molecular formula is C19H18ClN5O. The van der Waals surface area contributed by atoms with Crippen molar-refractivity contribution in [2.24, 2.45) is 0 Å². The van der Waals surface area contributed by atoms with Crippen molar-refractivity contribution in [3.63, 3.8) is 0 Å². The normalized spacial score (nSPS) is 10.4. The van der Waals surface area contributed by atoms with E-state index in [1.165, 1.54) is 0 Å². The Bertz CT molecular complexity index is 930. The number of benzene rings is 1. The fraction of sp³-hybridized carbons (Fsp3) is 0.158. The third kappa shape index (κ3) is 4.55. The van der Waals surface area contributed by atoms with Crippen LogP contribution in [0, 0.1) is 13.8 Å². The molecule has 2 heterocycles. The van der Waals surface area contributed by atoms with Gasteiger partial charge in [-0.25, -0.2) is 9.97 Å². The first-order valence-electron chi connectivity index (χ1n) is 8.08. The summed E-state index contributed by atoms with van der Waals surface area (Å²) in [4.78, 5) is 25.2. The van der Waals surface area contributed by atoms with Crippen molar-refractivity contribution < 1.29 is 4.79 Å². The molecule has 3 aromatic rings. The molecule has 0 aliphatic carbocycles. The summed E-state index contributed by atoms with van der Waals surface area (Å²) >= 11 is 6.05. The van der Waals surface area contributed by atoms with E-state index in [1.54, 1.807) is 19.2 Å². The largest absolute Gasteiger partial charge is 0.345 e. The highest BCUT2D eigenvalue weighted by molar-refractivity contribution is 6.30. The fourth-order valence-electron chi connectivity index (χ4n) is 2.38. The Morgan fingerprint density at radius 2 is 1.96 bits per heavy atom. The minimum Gasteiger partial charge on any atom is -0.345 e. The SMILES string of the molecule is Cc1nc(Nc2cc(Cl)ccc2C)cc(C(=O)NCc2ccccn2)n1. The highest BCUT2D eigenvalue weighted by Gasteiger charge is 2.11. The topological polar surface area (TPSA) is 79.8 Å². The number of nitrogens with zero attached hydrogens (tertiary/aromatic N) is 3. The summed E-state index contributed by atoms with van der Waals surface area (Å²) in [7, 11) is 0. The minimum atomic E-state index is -0.285. The van der Waals surface area contributed by atoms with Crippen LogP contribution in [0.4, 0.5) is 11.5 Å². The Balaban J connectivity index is 1.76. The molecule has 0 fully saturated rings. The zero-order valence-corrected chi connectivity index (χ0v) is 15.2. The monoisotopic (exact) mass is 367 g/mol. The maximum absolute atomic E-state index is 12.4. The summed E-state index contributed by atoms with van der Waals surface area (Å²) in [6.45, 7) is 4.04. The number of anilines is 2. The van der Waals surface area contributed by atoms with Crippen molar-refractivity contribution in [3.8, 4) is 0 Å². The third-order valence-electron chi connectivity index (χ3n) is 3.69. The van der Waals surface area contributed by atoms with Crippen molar-refractivity contribution in [2.75, 3.05) is 5.32 Å². The summed E-state index contributed by atoms with van der Waals surface area (Å²) in [5.41, 5.74) is 2.91. The molecule has 0 aliphatic rings. The molecule has 0 radical (unpaired) electrons. The summed E-state index contributed by atoms with van der Waals surface area (Å²) in [6, 6.07) is 12.7. The molecule has 132 valence electrons. The Morgan fingerprint density at radius 3 is 2.73 bits per heavy atom. The van der Waals surface area contributed by atoms with Crippen molar-refractivity contribution in [1.29, 1.82) is 0 Å². The van der Waals surface area contributed by atoms with E-state index in [-0.39, 0.29) is 11.6 Å². The van der Waals surface area contributed by atoms with Crippen molar-refractivity contribution in [1.82, 2.24) is 20.3 Å². The number of carbonyl (C=O) groups is 1. The molecule has 2 aromatic heterocycles. The van der Waals surface area contributed by atoms with Crippen LogP contribution in [0.3, 0.4) is 0 Å². The smallest absolute Gasteiger partial charge is 0.270 e. The van der Waals surface area contributed by atoms with Gasteiger partial charge in [-0.15, -0.1) is 0 Å². The standard InChI is InChI=1S/C19H18ClN5O/c1-12-6-7-14(20)9-16(12)25-18-10-17(23-13(2)24-18)19(26)22-11-15-5-3-4-8-21-15/h3-10H,11H2,1-2H3,(H,22,26)(H,23,24,25). The lowest BCUT2D eigenvalue weighted by atomic mass is 10.2. The van der Waals surface area contributed by atoms with Crippen LogP contribution >= 0.6 is 11.6 Å². The molecule has 26 heavy (non-hydrogen) atoms. The van der Waals surface area contributed by atoms with Gasteiger partial charge in [0.15, 0.2) is 0 Å². The van der Waals surface area contributed by atoms with Crippen molar-refractivity contribution >= 4 is 29.0 Å². The molecule has 1 amide bonds. The predicted molar refractivity (Wildman–Crippen MR) is 102 cm³/mol. The predicted octanol–water partition coefficient (Wildman–Crippen LogP) is 3.82. The van der Waals surface area contributed by atoms with Gasteiger partial charge in [-0.05, 0) is 43.7 Å². The molecule has 0 bridgehead atoms. The number of carbonyl (C=O) groups excluding carboxylic acids is 1. The molecule has 0 atom stereocenters. The van der Waals surface area contributed by atoms with Gasteiger partial charge in [-0.1, -0.05) is 23.7 Å². The van der Waals surface area contributed by atoms with E-state index >= 15 is 0 Å². The number of aromatic nitrogens is 3. The lowest BCUT2D eigenvalue weighted by Gasteiger charge is -2.11. The van der Waals surface area contributed by atoms with Crippen LogP contribution in [0.1, 0.15) is 27.6 Å². The second-order valence-corrected chi connectivity index (χ2v) is 6.21. The van der Waals surface area contributed by atoms with E-state index in [0.29, 0.717) is 23.2 Å². The first-order valence-corrected chi connectivity index (χ1v) is 8.46. The molecule has 1 aromatic carbocycles. The van der Waals surface area contributed by atoms with E-state index in [2.05, 4.69) is 25.6 Å². The molecule has 0 saturated heterocycles. The highest BCUT2D eigenvalue weighted by atomic mass is 35.5. The number of pyridine rings is 1. The second-order valence-electron chi connectivity index (χ2n) is 5.77. The van der Waals surface area contributed by atoms with E-state index < -0.39 is 0 Å². The first kappa shape index (κ1) is 17.8. The van der Waals surface area contributed by atoms with Crippen LogP contribution < -0.4 is 10.6 Å². The Hall–Kier alpha value is -2.99. The Morgan fingerprint density at radius 1 is 1.12 bits per heavy atom. The van der Waals surface area contributed by atoms with Gasteiger partial charge < -0.3 is 10.6 Å². The van der Waals surface area contributed by atoms with Gasteiger partial charge in [0.1, 0.15) is 17.3 Å². The fourth-order valence-corrected chi connectivity index (χ4v) is 2.55. The zero-order valence-electron chi connectivity index (χ0n) is 14.5. The van der Waals surface area contributed by atoms with E-state index in [4.69, 9.17) is 11.6 Å². The number of halogens is 1. The number of hydrogen-bond acceptors (Lipinski definition) is 5. The number of amides is 1. The van der Waals surface area contributed by atoms with Gasteiger partial charge in [0.05, 0.1) is 12.2 Å². The van der Waals surface area contributed by atoms with Crippen LogP contribution in [0.2, 0.25) is 5.02 Å². The lowest BCUT2D eigenvalue weighted by molar-refractivity contribution is 0.0945. The van der Waals surface area contributed by atoms with Crippen LogP contribution in [0.5, 0.6) is 0 Å². The maximum Gasteiger partial charge on any atom is 0.270 e. The van der Waals surface area contributed by atoms with Gasteiger partial charge in [-0.2, -0.15) is 0 Å². The molecule has 6 nitrogen and oxygen atoms in total. The highest BCUT2D eigenvalue weighted by Crippen LogP contribution is 2.23. The van der Waals surface area contributed by atoms with Gasteiger partial charge >= 0.3 is 0 Å². The number of hydrogen-bond donors (Lipinski definition) is 2. The average molecular weight is 368 g/mol. The van der Waals surface area contributed by atoms with Crippen LogP contribution in [-0.2, 0) is 6.54 Å². The molecule has 0 aliphatic heterocycles. The quantitative estimate of drug-likeness (QED) is 0.716. The number of aryl methyl sites for hydroxylation is 2. The van der Waals surface area contributed by atoms with Gasteiger partial charge in [0, 0.05) is 23.0 Å². The van der Waals surface area contributed by atoms with E-state index in [0.717, 1.165) is 16.9 Å². The van der Waals surface area contributed by atoms with Crippen LogP contribution in [0.25, 0.3) is 0 Å². The van der Waals surface area contributed by atoms with E-state index in [1.807, 2.05) is 43.3 Å². The van der Waals surface area contributed by atoms with Crippen LogP contribution in [0.15, 0.2) is 48.7 Å². The summed E-state index contributed by atoms with van der Waals surface area (Å²) in [5.74, 6) is 0.746. The second kappa shape index (κ2) is 7.93. The Labute approximate surface area is 156 Å². The molecule has 0 unspecified atom stereocenters. The van der Waals surface area contributed by atoms with Gasteiger partial charge in [0.2, 0.25) is 0 Å². The summed E-state index contributed by atoms with van der Waals surface area (Å²) < 4.78 is 0. The maximum atomic E-state index is 12.4. The number of nitrogens with one attached hydrogen (secondary N) is 2. The van der Waals surface area contributed by atoms with Crippen molar-refractivity contribution in [2.45, 2.75) is 20.4 Å². The summed E-state index contributed by atoms with van der Waals surface area (Å²) in [5, 5.41) is 6.63. The zero-order chi connectivity index (χ0) is 18.5. The molecule has 0 saturated carbocycles. The molecule has 2 N–H and O–H groups in total. The lowest BCUT2D eigenvalue weighted by Crippen LogP contribution is -2.24.